The summed E-state index contributed by atoms with van der Waals surface area (Å²) in [4.78, 5) is 84.9. The second-order valence-electron chi connectivity index (χ2n) is 19.6. The number of hydrogen-bond donors (Lipinski definition) is 4. The molecule has 10 rings (SSSR count). The summed E-state index contributed by atoms with van der Waals surface area (Å²) in [5.74, 6) is 1.23. The minimum atomic E-state index is -2.23. The van der Waals surface area contributed by atoms with Crippen molar-refractivity contribution in [1.29, 1.82) is 0 Å². The largest absolute Gasteiger partial charge is 0.491 e. The molecule has 380 valence electrons. The molecule has 0 radical (unpaired) electrons. The van der Waals surface area contributed by atoms with Crippen LogP contribution in [0.5, 0.6) is 5.75 Å². The first-order valence-electron chi connectivity index (χ1n) is 25.1. The number of hydrogen-bond acceptors (Lipinski definition) is 13. The number of cyclic esters (lactones) is 1. The number of aromatic nitrogens is 1. The lowest BCUT2D eigenvalue weighted by atomic mass is 9.65. The van der Waals surface area contributed by atoms with Gasteiger partial charge in [-0.2, -0.15) is 0 Å². The number of carbonyl (C=O) groups is 5. The minimum absolute atomic E-state index is 0.0687. The molecule has 7 unspecified atom stereocenters. The number of nitrogens with zero attached hydrogens (tertiary/aromatic N) is 3. The molecular weight excluding hydrogens is 959 g/mol. The third kappa shape index (κ3) is 8.97. The SMILES string of the molecule is COC(=O)C(NC(=O)N1C(=O)C2(c3cc(C#CC4(O)CCCCCC4)ccc31)C(C(=O)Nc1nc3ccccc3s1)C1C(=O)OC(c3ccccc3)C(c3ccccc3)N1C2c1ccccc1OCCO)C(C)C. The number of ether oxygens (including phenoxy) is 3. The predicted octanol–water partition coefficient (Wildman–Crippen LogP) is 8.32. The number of thiazole rings is 1. The van der Waals surface area contributed by atoms with Gasteiger partial charge in [0.1, 0.15) is 41.6 Å². The Balaban J connectivity index is 1.29. The van der Waals surface area contributed by atoms with Crippen LogP contribution in [0.3, 0.4) is 0 Å². The number of urea groups is 1. The van der Waals surface area contributed by atoms with Crippen LogP contribution in [0.25, 0.3) is 10.2 Å². The molecule has 1 aliphatic carbocycles. The van der Waals surface area contributed by atoms with Gasteiger partial charge in [0.25, 0.3) is 0 Å². The Morgan fingerprint density at radius 2 is 1.54 bits per heavy atom. The number of esters is 2. The molecule has 1 saturated carbocycles. The van der Waals surface area contributed by atoms with Crippen LogP contribution in [0, 0.1) is 23.7 Å². The number of carbonyl (C=O) groups excluding carboxylic acids is 5. The second-order valence-corrected chi connectivity index (χ2v) is 20.6. The molecule has 3 aliphatic heterocycles. The van der Waals surface area contributed by atoms with Crippen LogP contribution in [0.2, 0.25) is 0 Å². The van der Waals surface area contributed by atoms with Gasteiger partial charge in [0, 0.05) is 11.1 Å². The van der Waals surface area contributed by atoms with E-state index < -0.39 is 82.9 Å². The number of rotatable bonds is 11. The fraction of sp³-hybridized carbons (Fsp3) is 0.345. The number of nitrogens with one attached hydrogen (secondary N) is 2. The Hall–Kier alpha value is -7.42. The number of methoxy groups -OCH3 is 1. The Morgan fingerprint density at radius 3 is 2.23 bits per heavy atom. The van der Waals surface area contributed by atoms with Gasteiger partial charge < -0.3 is 35.1 Å². The van der Waals surface area contributed by atoms with Crippen molar-refractivity contribution >= 4 is 62.2 Å². The van der Waals surface area contributed by atoms with E-state index in [9.17, 15) is 15.0 Å². The van der Waals surface area contributed by atoms with E-state index in [1.807, 2.05) is 89.8 Å². The highest BCUT2D eigenvalue weighted by Gasteiger charge is 2.76. The highest BCUT2D eigenvalue weighted by Crippen LogP contribution is 2.67. The van der Waals surface area contributed by atoms with Crippen LogP contribution in [0.15, 0.2) is 127 Å². The zero-order chi connectivity index (χ0) is 51.7. The Bertz CT molecular complexity index is 3130. The molecule has 4 heterocycles. The summed E-state index contributed by atoms with van der Waals surface area (Å²) in [6.45, 7) is 2.95. The van der Waals surface area contributed by atoms with Crippen LogP contribution >= 0.6 is 11.3 Å². The molecule has 7 atom stereocenters. The van der Waals surface area contributed by atoms with Gasteiger partial charge in [-0.3, -0.25) is 19.3 Å². The Labute approximate surface area is 432 Å². The van der Waals surface area contributed by atoms with Crippen molar-refractivity contribution in [2.24, 2.45) is 11.8 Å². The molecule has 4 amide bonds. The second kappa shape index (κ2) is 20.8. The van der Waals surface area contributed by atoms with E-state index in [4.69, 9.17) is 19.2 Å². The number of fused-ring (bicyclic) bond motifs is 4. The lowest BCUT2D eigenvalue weighted by Gasteiger charge is -2.46. The van der Waals surface area contributed by atoms with E-state index in [1.54, 1.807) is 56.3 Å². The zero-order valence-electron chi connectivity index (χ0n) is 41.2. The maximum atomic E-state index is 16.9. The molecule has 5 aromatic carbocycles. The molecule has 6 aromatic rings. The summed E-state index contributed by atoms with van der Waals surface area (Å²) in [5.41, 5.74) is -0.593. The van der Waals surface area contributed by atoms with E-state index in [0.717, 1.165) is 35.3 Å². The molecule has 1 spiro atoms. The van der Waals surface area contributed by atoms with Crippen LogP contribution < -0.4 is 20.3 Å². The van der Waals surface area contributed by atoms with Gasteiger partial charge in [0.05, 0.1) is 47.6 Å². The average Bonchev–Trinajstić information content (AvgIpc) is 3.98. The number of para-hydroxylation sites is 2. The highest BCUT2D eigenvalue weighted by atomic mass is 32.1. The number of aliphatic hydroxyl groups excluding tert-OH is 1. The standard InChI is InChI=1S/C58H57N5O10S/c1-35(2)46(52(66)71-3)60-56(69)62-42-27-26-36(28-31-57(70)29-16-4-5-17-30-57)34-40(42)58(54(62)68)45(51(65)61-55-59-41-23-13-15-25-44(41)74-55)48-53(67)73-49(38-20-10-7-11-21-38)47(37-18-8-6-9-19-37)63(48)50(58)39-22-12-14-24-43(39)72-33-32-64/h6-15,18-27,34-35,45-50,64,70H,4-5,16-17,29-30,32-33H2,1-3H3,(H,60,69)(H,59,61,65). The molecule has 2 saturated heterocycles. The third-order valence-corrected chi connectivity index (χ3v) is 15.8. The fourth-order valence-corrected chi connectivity index (χ4v) is 12.4. The topological polar surface area (TPSA) is 197 Å². The molecule has 4 N–H and O–H groups in total. The minimum Gasteiger partial charge on any atom is -0.491 e. The Morgan fingerprint density at radius 1 is 0.865 bits per heavy atom. The summed E-state index contributed by atoms with van der Waals surface area (Å²) in [7, 11) is 1.21. The zero-order valence-corrected chi connectivity index (χ0v) is 42.0. The first-order chi connectivity index (χ1) is 35.9. The summed E-state index contributed by atoms with van der Waals surface area (Å²) in [6, 6.07) is 31.9. The highest BCUT2D eigenvalue weighted by molar-refractivity contribution is 7.22. The van der Waals surface area contributed by atoms with Crippen molar-refractivity contribution in [3.8, 4) is 17.6 Å². The number of benzene rings is 5. The molecule has 16 heteroatoms. The van der Waals surface area contributed by atoms with Crippen molar-refractivity contribution in [3.63, 3.8) is 0 Å². The number of anilines is 2. The molecule has 74 heavy (non-hydrogen) atoms. The van der Waals surface area contributed by atoms with Crippen LogP contribution in [0.4, 0.5) is 15.6 Å². The summed E-state index contributed by atoms with van der Waals surface area (Å²) >= 11 is 1.22. The van der Waals surface area contributed by atoms with E-state index in [2.05, 4.69) is 22.5 Å². The smallest absolute Gasteiger partial charge is 0.329 e. The van der Waals surface area contributed by atoms with Crippen molar-refractivity contribution in [2.75, 3.05) is 30.5 Å². The molecule has 0 bridgehead atoms. The Kier molecular flexibility index (Phi) is 14.1. The molecular formula is C58H57N5O10S. The summed E-state index contributed by atoms with van der Waals surface area (Å²) < 4.78 is 18.9. The molecule has 4 aliphatic rings. The van der Waals surface area contributed by atoms with Crippen LogP contribution in [-0.2, 0) is 34.1 Å². The lowest BCUT2D eigenvalue weighted by Crippen LogP contribution is -2.57. The van der Waals surface area contributed by atoms with Crippen molar-refractivity contribution < 1.29 is 48.4 Å². The van der Waals surface area contributed by atoms with Crippen molar-refractivity contribution in [2.45, 2.75) is 93.7 Å². The molecule has 1 aromatic heterocycles. The van der Waals surface area contributed by atoms with Crippen LogP contribution in [0.1, 0.15) is 98.4 Å². The number of imide groups is 1. The van der Waals surface area contributed by atoms with Gasteiger partial charge in [0.2, 0.25) is 11.8 Å². The van der Waals surface area contributed by atoms with Crippen molar-refractivity contribution in [1.82, 2.24) is 15.2 Å². The van der Waals surface area contributed by atoms with E-state index in [1.165, 1.54) is 18.4 Å². The van der Waals surface area contributed by atoms with Crippen molar-refractivity contribution in [3.05, 3.63) is 155 Å². The number of aliphatic hydroxyl groups is 2. The monoisotopic (exact) mass is 1020 g/mol. The maximum absolute atomic E-state index is 16.9. The predicted molar refractivity (Wildman–Crippen MR) is 278 cm³/mol. The maximum Gasteiger partial charge on any atom is 0.329 e. The molecule has 3 fully saturated rings. The quantitative estimate of drug-likeness (QED) is 0.0551. The van der Waals surface area contributed by atoms with Gasteiger partial charge >= 0.3 is 18.0 Å². The van der Waals surface area contributed by atoms with E-state index in [-0.39, 0.29) is 35.3 Å². The van der Waals surface area contributed by atoms with Gasteiger partial charge in [-0.15, -0.1) is 0 Å². The number of morpholine rings is 1. The van der Waals surface area contributed by atoms with Gasteiger partial charge in [-0.1, -0.05) is 141 Å². The lowest BCUT2D eigenvalue weighted by molar-refractivity contribution is -0.178. The third-order valence-electron chi connectivity index (χ3n) is 14.8. The number of amides is 4. The first kappa shape index (κ1) is 50.1. The van der Waals surface area contributed by atoms with Crippen LogP contribution in [-0.4, -0.2) is 87.9 Å². The first-order valence-corrected chi connectivity index (χ1v) is 25.9. The fourth-order valence-electron chi connectivity index (χ4n) is 11.5. The van der Waals surface area contributed by atoms with Gasteiger partial charge in [0.15, 0.2) is 5.13 Å². The molecule has 15 nitrogen and oxygen atoms in total. The average molecular weight is 1020 g/mol. The summed E-state index contributed by atoms with van der Waals surface area (Å²) in [6.07, 6.45) is 3.48. The van der Waals surface area contributed by atoms with Gasteiger partial charge in [-0.25, -0.2) is 19.5 Å². The van der Waals surface area contributed by atoms with E-state index in [0.29, 0.717) is 40.6 Å². The van der Waals surface area contributed by atoms with Gasteiger partial charge in [-0.05, 0) is 84.7 Å². The normalized spacial score (nSPS) is 23.5. The van der Waals surface area contributed by atoms with E-state index >= 15 is 19.2 Å². The summed E-state index contributed by atoms with van der Waals surface area (Å²) in [5, 5.41) is 28.0.